The molecule has 1 saturated carbocycles. The summed E-state index contributed by atoms with van der Waals surface area (Å²) in [6, 6.07) is 0. The molecule has 0 aliphatic heterocycles. The average Bonchev–Trinajstić information content (AvgIpc) is 1.78. The van der Waals surface area contributed by atoms with E-state index in [-0.39, 0.29) is 17.8 Å². The Bertz CT molecular complexity index is 192. The molecule has 0 aromatic carbocycles. The molecular formula is C9H15ClO3. The van der Waals surface area contributed by atoms with Crippen LogP contribution in [0.1, 0.15) is 33.6 Å². The van der Waals surface area contributed by atoms with Crippen molar-refractivity contribution in [3.8, 4) is 0 Å². The van der Waals surface area contributed by atoms with Gasteiger partial charge < -0.3 is 9.47 Å². The van der Waals surface area contributed by atoms with Crippen molar-refractivity contribution in [2.45, 2.75) is 51.4 Å². The molecule has 0 heterocycles. The van der Waals surface area contributed by atoms with Crippen LogP contribution in [0.3, 0.4) is 0 Å². The van der Waals surface area contributed by atoms with Crippen LogP contribution in [0.25, 0.3) is 0 Å². The van der Waals surface area contributed by atoms with Gasteiger partial charge in [0.2, 0.25) is 0 Å². The van der Waals surface area contributed by atoms with Crippen LogP contribution in [0.4, 0.5) is 4.79 Å². The summed E-state index contributed by atoms with van der Waals surface area (Å²) in [7, 11) is 0. The predicted molar refractivity (Wildman–Crippen MR) is 50.0 cm³/mol. The minimum atomic E-state index is -0.723. The zero-order chi connectivity index (χ0) is 10.1. The molecule has 76 valence electrons. The van der Waals surface area contributed by atoms with E-state index in [0.717, 1.165) is 12.8 Å². The van der Waals surface area contributed by atoms with Crippen LogP contribution in [0.2, 0.25) is 0 Å². The first-order valence-electron chi connectivity index (χ1n) is 4.41. The van der Waals surface area contributed by atoms with Crippen LogP contribution in [0, 0.1) is 0 Å². The lowest BCUT2D eigenvalue weighted by Gasteiger charge is -2.38. The highest BCUT2D eigenvalue weighted by Gasteiger charge is 2.35. The molecule has 0 atom stereocenters. The van der Waals surface area contributed by atoms with E-state index in [4.69, 9.17) is 21.1 Å². The van der Waals surface area contributed by atoms with Crippen molar-refractivity contribution in [1.29, 1.82) is 0 Å². The molecule has 0 saturated heterocycles. The number of ether oxygens (including phenoxy) is 2. The Labute approximate surface area is 83.3 Å². The molecule has 0 bridgehead atoms. The van der Waals surface area contributed by atoms with Gasteiger partial charge in [0.1, 0.15) is 6.10 Å². The van der Waals surface area contributed by atoms with Gasteiger partial charge in [-0.1, -0.05) is 0 Å². The van der Waals surface area contributed by atoms with E-state index in [0.29, 0.717) is 0 Å². The van der Waals surface area contributed by atoms with E-state index in [9.17, 15) is 4.79 Å². The van der Waals surface area contributed by atoms with Crippen molar-refractivity contribution in [1.82, 2.24) is 0 Å². The number of rotatable bonds is 2. The zero-order valence-electron chi connectivity index (χ0n) is 8.17. The first-order valence-corrected chi connectivity index (χ1v) is 4.78. The molecule has 0 N–H and O–H groups in total. The number of hydrogen-bond acceptors (Lipinski definition) is 3. The number of carbonyl (C=O) groups excluding carboxylic acids is 1. The highest BCUT2D eigenvalue weighted by molar-refractivity contribution is 6.61. The highest BCUT2D eigenvalue weighted by Crippen LogP contribution is 2.30. The molecule has 13 heavy (non-hydrogen) atoms. The quantitative estimate of drug-likeness (QED) is 0.652. The summed E-state index contributed by atoms with van der Waals surface area (Å²) in [5, 5.41) is 0. The van der Waals surface area contributed by atoms with Crippen LogP contribution >= 0.6 is 11.6 Å². The molecule has 4 heteroatoms. The fourth-order valence-electron chi connectivity index (χ4n) is 1.34. The molecule has 0 aromatic rings. The third kappa shape index (κ3) is 3.96. The Hall–Kier alpha value is -0.280. The molecule has 0 radical (unpaired) electrons. The summed E-state index contributed by atoms with van der Waals surface area (Å²) >= 11 is 5.06. The molecule has 0 unspecified atom stereocenters. The molecule has 1 aliphatic rings. The van der Waals surface area contributed by atoms with Crippen LogP contribution < -0.4 is 0 Å². The van der Waals surface area contributed by atoms with Crippen molar-refractivity contribution in [2.24, 2.45) is 0 Å². The van der Waals surface area contributed by atoms with Gasteiger partial charge in [-0.15, -0.1) is 0 Å². The standard InChI is InChI=1S/C9H15ClO3/c1-9(2,3)13-7-4-6(5-7)12-8(10)11/h6-7H,4-5H2,1-3H3. The first kappa shape index (κ1) is 10.8. The summed E-state index contributed by atoms with van der Waals surface area (Å²) < 4.78 is 10.4. The Kier molecular flexibility index (Phi) is 3.19. The summed E-state index contributed by atoms with van der Waals surface area (Å²) in [4.78, 5) is 10.3. The van der Waals surface area contributed by atoms with E-state index < -0.39 is 5.43 Å². The maximum absolute atomic E-state index is 10.3. The van der Waals surface area contributed by atoms with Crippen molar-refractivity contribution in [3.05, 3.63) is 0 Å². The van der Waals surface area contributed by atoms with Crippen molar-refractivity contribution in [2.75, 3.05) is 0 Å². The second-order valence-corrected chi connectivity index (χ2v) is 4.61. The lowest BCUT2D eigenvalue weighted by molar-refractivity contribution is -0.131. The first-order chi connectivity index (χ1) is 5.87. The normalized spacial score (nSPS) is 28.0. The largest absolute Gasteiger partial charge is 0.450 e. The van der Waals surface area contributed by atoms with Gasteiger partial charge >= 0.3 is 5.43 Å². The van der Waals surface area contributed by atoms with E-state index in [1.807, 2.05) is 20.8 Å². The molecule has 0 amide bonds. The summed E-state index contributed by atoms with van der Waals surface area (Å²) in [5.41, 5.74) is -0.847. The van der Waals surface area contributed by atoms with Gasteiger partial charge in [-0.05, 0) is 20.8 Å². The van der Waals surface area contributed by atoms with Crippen molar-refractivity contribution >= 4 is 17.0 Å². The maximum atomic E-state index is 10.3. The van der Waals surface area contributed by atoms with Gasteiger partial charge in [-0.2, -0.15) is 0 Å². The van der Waals surface area contributed by atoms with Crippen LogP contribution in [0.5, 0.6) is 0 Å². The number of hydrogen-bond donors (Lipinski definition) is 0. The summed E-state index contributed by atoms with van der Waals surface area (Å²) in [5.74, 6) is 0. The van der Waals surface area contributed by atoms with E-state index in [1.165, 1.54) is 0 Å². The topological polar surface area (TPSA) is 35.5 Å². The average molecular weight is 207 g/mol. The third-order valence-corrected chi connectivity index (χ3v) is 1.92. The Morgan fingerprint density at radius 3 is 2.23 bits per heavy atom. The Balaban J connectivity index is 2.15. The van der Waals surface area contributed by atoms with E-state index >= 15 is 0 Å². The van der Waals surface area contributed by atoms with Gasteiger partial charge in [0, 0.05) is 24.4 Å². The summed E-state index contributed by atoms with van der Waals surface area (Å²) in [6.07, 6.45) is 1.68. The number of carbonyl (C=O) groups is 1. The monoisotopic (exact) mass is 206 g/mol. The zero-order valence-corrected chi connectivity index (χ0v) is 8.93. The van der Waals surface area contributed by atoms with Gasteiger partial charge in [-0.25, -0.2) is 4.79 Å². The predicted octanol–water partition coefficient (Wildman–Crippen LogP) is 2.71. The molecule has 1 aliphatic carbocycles. The van der Waals surface area contributed by atoms with E-state index in [1.54, 1.807) is 0 Å². The molecule has 0 spiro atoms. The second kappa shape index (κ2) is 3.84. The molecule has 1 rings (SSSR count). The van der Waals surface area contributed by atoms with Crippen molar-refractivity contribution in [3.63, 3.8) is 0 Å². The summed E-state index contributed by atoms with van der Waals surface area (Å²) in [6.45, 7) is 6.02. The third-order valence-electron chi connectivity index (χ3n) is 1.83. The van der Waals surface area contributed by atoms with Gasteiger partial charge in [-0.3, -0.25) is 0 Å². The molecule has 3 nitrogen and oxygen atoms in total. The molecule has 1 fully saturated rings. The van der Waals surface area contributed by atoms with Crippen LogP contribution in [0.15, 0.2) is 0 Å². The molecule has 0 aromatic heterocycles. The minimum absolute atomic E-state index is 0.0441. The van der Waals surface area contributed by atoms with Gasteiger partial charge in [0.05, 0.1) is 11.7 Å². The number of halogens is 1. The van der Waals surface area contributed by atoms with Crippen LogP contribution in [-0.2, 0) is 9.47 Å². The Morgan fingerprint density at radius 2 is 1.85 bits per heavy atom. The van der Waals surface area contributed by atoms with Crippen molar-refractivity contribution < 1.29 is 14.3 Å². The van der Waals surface area contributed by atoms with E-state index in [2.05, 4.69) is 0 Å². The smallest absolute Gasteiger partial charge is 0.404 e. The fourth-order valence-corrected chi connectivity index (χ4v) is 1.47. The lowest BCUT2D eigenvalue weighted by Crippen LogP contribution is -2.42. The minimum Gasteiger partial charge on any atom is -0.450 e. The highest BCUT2D eigenvalue weighted by atomic mass is 35.5. The molecular weight excluding hydrogens is 192 g/mol. The maximum Gasteiger partial charge on any atom is 0.404 e. The fraction of sp³-hybridized carbons (Fsp3) is 0.889. The van der Waals surface area contributed by atoms with Gasteiger partial charge in [0.15, 0.2) is 0 Å². The van der Waals surface area contributed by atoms with Gasteiger partial charge in [0.25, 0.3) is 0 Å². The van der Waals surface area contributed by atoms with Crippen LogP contribution in [-0.4, -0.2) is 23.2 Å². The Morgan fingerprint density at radius 1 is 1.31 bits per heavy atom. The SMILES string of the molecule is CC(C)(C)OC1CC(OC(=O)Cl)C1. The lowest BCUT2D eigenvalue weighted by atomic mass is 9.91. The second-order valence-electron chi connectivity index (χ2n) is 4.30.